The van der Waals surface area contributed by atoms with Gasteiger partial charge in [-0.2, -0.15) is 0 Å². The van der Waals surface area contributed by atoms with Crippen LogP contribution < -0.4 is 10.2 Å². The number of piperidine rings is 1. The molecule has 2 aromatic heterocycles. The summed E-state index contributed by atoms with van der Waals surface area (Å²) in [5.41, 5.74) is 1.03. The number of thiophene rings is 1. The largest absolute Gasteiger partial charge is 0.356 e. The molecule has 25 heavy (non-hydrogen) atoms. The SMILES string of the molecule is Cc1ccc(C(=O)NC2CCN(c3ccc4ccccc4n3)CC2)s1. The number of carbonyl (C=O) groups is 1. The summed E-state index contributed by atoms with van der Waals surface area (Å²) in [6.07, 6.45) is 1.90. The Balaban J connectivity index is 1.38. The molecule has 1 amide bonds. The first-order valence-corrected chi connectivity index (χ1v) is 9.49. The van der Waals surface area contributed by atoms with Crippen LogP contribution in [0.2, 0.25) is 0 Å². The van der Waals surface area contributed by atoms with Gasteiger partial charge in [0.1, 0.15) is 5.82 Å². The maximum atomic E-state index is 12.3. The fourth-order valence-corrected chi connectivity index (χ4v) is 4.07. The van der Waals surface area contributed by atoms with Crippen LogP contribution in [0.1, 0.15) is 27.4 Å². The van der Waals surface area contributed by atoms with E-state index in [9.17, 15) is 4.79 Å². The van der Waals surface area contributed by atoms with Crippen molar-refractivity contribution < 1.29 is 4.79 Å². The van der Waals surface area contributed by atoms with E-state index < -0.39 is 0 Å². The maximum absolute atomic E-state index is 12.3. The number of hydrogen-bond acceptors (Lipinski definition) is 4. The lowest BCUT2D eigenvalue weighted by atomic mass is 10.0. The van der Waals surface area contributed by atoms with E-state index in [2.05, 4.69) is 34.5 Å². The lowest BCUT2D eigenvalue weighted by molar-refractivity contribution is 0.0935. The first-order valence-electron chi connectivity index (χ1n) is 8.67. The number of rotatable bonds is 3. The molecule has 3 aromatic rings. The molecule has 3 heterocycles. The van der Waals surface area contributed by atoms with Gasteiger partial charge in [-0.1, -0.05) is 18.2 Å². The molecule has 1 fully saturated rings. The first kappa shape index (κ1) is 16.1. The monoisotopic (exact) mass is 351 g/mol. The minimum Gasteiger partial charge on any atom is -0.356 e. The number of nitrogens with one attached hydrogen (secondary N) is 1. The molecule has 1 saturated heterocycles. The molecule has 4 nitrogen and oxygen atoms in total. The van der Waals surface area contributed by atoms with Crippen molar-refractivity contribution >= 4 is 34.0 Å². The summed E-state index contributed by atoms with van der Waals surface area (Å²) in [6, 6.07) is 16.6. The van der Waals surface area contributed by atoms with Crippen molar-refractivity contribution in [2.45, 2.75) is 25.8 Å². The number of pyridine rings is 1. The van der Waals surface area contributed by atoms with Gasteiger partial charge in [-0.15, -0.1) is 11.3 Å². The Kier molecular flexibility index (Phi) is 4.40. The van der Waals surface area contributed by atoms with Crippen molar-refractivity contribution in [1.29, 1.82) is 0 Å². The van der Waals surface area contributed by atoms with Crippen LogP contribution in [-0.2, 0) is 0 Å². The third-order valence-corrected chi connectivity index (χ3v) is 5.70. The number of amides is 1. The van der Waals surface area contributed by atoms with Crippen LogP contribution >= 0.6 is 11.3 Å². The van der Waals surface area contributed by atoms with Gasteiger partial charge in [-0.05, 0) is 50.1 Å². The highest BCUT2D eigenvalue weighted by molar-refractivity contribution is 7.13. The van der Waals surface area contributed by atoms with Crippen molar-refractivity contribution in [3.05, 3.63) is 58.3 Å². The molecule has 1 aromatic carbocycles. The summed E-state index contributed by atoms with van der Waals surface area (Å²) < 4.78 is 0. The number of anilines is 1. The summed E-state index contributed by atoms with van der Waals surface area (Å²) in [5.74, 6) is 1.08. The Morgan fingerprint density at radius 1 is 1.12 bits per heavy atom. The fourth-order valence-electron chi connectivity index (χ4n) is 3.30. The Hall–Kier alpha value is -2.40. The van der Waals surface area contributed by atoms with Crippen LogP contribution in [0, 0.1) is 6.92 Å². The first-order chi connectivity index (χ1) is 12.2. The van der Waals surface area contributed by atoms with Crippen molar-refractivity contribution in [3.8, 4) is 0 Å². The predicted molar refractivity (Wildman–Crippen MR) is 104 cm³/mol. The Bertz CT molecular complexity index is 897. The van der Waals surface area contributed by atoms with E-state index in [1.165, 1.54) is 10.3 Å². The van der Waals surface area contributed by atoms with Gasteiger partial charge in [0.2, 0.25) is 0 Å². The van der Waals surface area contributed by atoms with Crippen LogP contribution in [0.4, 0.5) is 5.82 Å². The van der Waals surface area contributed by atoms with Crippen LogP contribution in [0.15, 0.2) is 48.5 Å². The van der Waals surface area contributed by atoms with Crippen molar-refractivity contribution in [2.24, 2.45) is 0 Å². The van der Waals surface area contributed by atoms with E-state index in [1.54, 1.807) is 11.3 Å². The third-order valence-electron chi connectivity index (χ3n) is 4.70. The van der Waals surface area contributed by atoms with Gasteiger partial charge in [0.15, 0.2) is 0 Å². The molecule has 1 aliphatic heterocycles. The highest BCUT2D eigenvalue weighted by Crippen LogP contribution is 2.22. The smallest absolute Gasteiger partial charge is 0.261 e. The van der Waals surface area contributed by atoms with E-state index in [1.807, 2.05) is 31.2 Å². The third kappa shape index (κ3) is 3.51. The summed E-state index contributed by atoms with van der Waals surface area (Å²) in [4.78, 5) is 21.4. The van der Waals surface area contributed by atoms with Crippen LogP contribution in [0.25, 0.3) is 10.9 Å². The molecule has 0 aliphatic carbocycles. The van der Waals surface area contributed by atoms with Crippen molar-refractivity contribution in [2.75, 3.05) is 18.0 Å². The van der Waals surface area contributed by atoms with Gasteiger partial charge in [-0.25, -0.2) is 4.98 Å². The molecule has 0 bridgehead atoms. The molecule has 0 radical (unpaired) electrons. The molecule has 0 saturated carbocycles. The van der Waals surface area contributed by atoms with Crippen LogP contribution in [-0.4, -0.2) is 30.0 Å². The lowest BCUT2D eigenvalue weighted by Crippen LogP contribution is -2.44. The van der Waals surface area contributed by atoms with Crippen LogP contribution in [0.3, 0.4) is 0 Å². The average Bonchev–Trinajstić information content (AvgIpc) is 3.08. The zero-order valence-electron chi connectivity index (χ0n) is 14.2. The van der Waals surface area contributed by atoms with E-state index in [4.69, 9.17) is 4.98 Å². The van der Waals surface area contributed by atoms with Gasteiger partial charge in [-0.3, -0.25) is 4.79 Å². The zero-order valence-corrected chi connectivity index (χ0v) is 15.1. The van der Waals surface area contributed by atoms with Crippen LogP contribution in [0.5, 0.6) is 0 Å². The van der Waals surface area contributed by atoms with E-state index in [0.29, 0.717) is 0 Å². The van der Waals surface area contributed by atoms with E-state index >= 15 is 0 Å². The number of fused-ring (bicyclic) bond motifs is 1. The summed E-state index contributed by atoms with van der Waals surface area (Å²) in [6.45, 7) is 3.86. The Morgan fingerprint density at radius 2 is 1.92 bits per heavy atom. The second kappa shape index (κ2) is 6.84. The number of hydrogen-bond donors (Lipinski definition) is 1. The van der Waals surface area contributed by atoms with E-state index in [-0.39, 0.29) is 11.9 Å². The van der Waals surface area contributed by atoms with Crippen molar-refractivity contribution in [3.63, 3.8) is 0 Å². The minimum atomic E-state index is 0.0559. The molecule has 1 N–H and O–H groups in total. The quantitative estimate of drug-likeness (QED) is 0.776. The predicted octanol–water partition coefficient (Wildman–Crippen LogP) is 4.00. The number of nitrogens with zero attached hydrogens (tertiary/aromatic N) is 2. The number of aryl methyl sites for hydroxylation is 1. The van der Waals surface area contributed by atoms with Gasteiger partial charge in [0.05, 0.1) is 10.4 Å². The lowest BCUT2D eigenvalue weighted by Gasteiger charge is -2.33. The minimum absolute atomic E-state index is 0.0559. The highest BCUT2D eigenvalue weighted by atomic mass is 32.1. The summed E-state index contributed by atoms with van der Waals surface area (Å²) in [7, 11) is 0. The fraction of sp³-hybridized carbons (Fsp3) is 0.300. The molecular weight excluding hydrogens is 330 g/mol. The van der Waals surface area contributed by atoms with Gasteiger partial charge in [0.25, 0.3) is 5.91 Å². The molecular formula is C20H21N3OS. The second-order valence-electron chi connectivity index (χ2n) is 6.51. The average molecular weight is 351 g/mol. The van der Waals surface area contributed by atoms with Gasteiger partial charge < -0.3 is 10.2 Å². The van der Waals surface area contributed by atoms with Crippen molar-refractivity contribution in [1.82, 2.24) is 10.3 Å². The Morgan fingerprint density at radius 3 is 2.68 bits per heavy atom. The zero-order chi connectivity index (χ0) is 17.2. The molecule has 0 atom stereocenters. The van der Waals surface area contributed by atoms with Gasteiger partial charge in [0, 0.05) is 29.4 Å². The standard InChI is InChI=1S/C20H21N3OS/c1-14-6-8-18(25-14)20(24)21-16-10-12-23(13-11-16)19-9-7-15-4-2-3-5-17(15)22-19/h2-9,16H,10-13H2,1H3,(H,21,24). The molecule has 1 aliphatic rings. The molecule has 0 unspecified atom stereocenters. The normalized spacial score (nSPS) is 15.5. The highest BCUT2D eigenvalue weighted by Gasteiger charge is 2.22. The number of aromatic nitrogens is 1. The number of carbonyl (C=O) groups excluding carboxylic acids is 1. The Labute approximate surface area is 151 Å². The number of para-hydroxylation sites is 1. The maximum Gasteiger partial charge on any atom is 0.261 e. The molecule has 128 valence electrons. The summed E-state index contributed by atoms with van der Waals surface area (Å²) >= 11 is 1.55. The molecule has 0 spiro atoms. The topological polar surface area (TPSA) is 45.2 Å². The second-order valence-corrected chi connectivity index (χ2v) is 7.80. The van der Waals surface area contributed by atoms with Gasteiger partial charge >= 0.3 is 0 Å². The number of benzene rings is 1. The summed E-state index contributed by atoms with van der Waals surface area (Å²) in [5, 5.41) is 4.34. The van der Waals surface area contributed by atoms with E-state index in [0.717, 1.165) is 42.1 Å². The molecule has 4 rings (SSSR count). The molecule has 5 heteroatoms.